The lowest BCUT2D eigenvalue weighted by Crippen LogP contribution is -2.35. The summed E-state index contributed by atoms with van der Waals surface area (Å²) in [5.74, 6) is 0.292. The molecule has 1 aliphatic heterocycles. The van der Waals surface area contributed by atoms with Gasteiger partial charge in [0.1, 0.15) is 5.65 Å². The van der Waals surface area contributed by atoms with E-state index in [-0.39, 0.29) is 27.6 Å². The van der Waals surface area contributed by atoms with Crippen LogP contribution in [0.15, 0.2) is 105 Å². The summed E-state index contributed by atoms with van der Waals surface area (Å²) in [6.07, 6.45) is 5.33. The SMILES string of the molecule is Cc1scnc1-c1cc2cnc(Nc3ccc(NC4CCNCC4)cc3)nc2n(Cc2ncccc2S(=O)(=O)c2ccccc2)c1=O. The highest BCUT2D eigenvalue weighted by atomic mass is 32.2. The number of pyridine rings is 2. The van der Waals surface area contributed by atoms with Gasteiger partial charge in [0.05, 0.1) is 38.8 Å². The summed E-state index contributed by atoms with van der Waals surface area (Å²) in [5.41, 5.74) is 4.65. The van der Waals surface area contributed by atoms with Crippen molar-refractivity contribution in [1.82, 2.24) is 29.8 Å². The Labute approximate surface area is 275 Å². The zero-order valence-corrected chi connectivity index (χ0v) is 27.2. The molecule has 0 amide bonds. The third kappa shape index (κ3) is 6.37. The summed E-state index contributed by atoms with van der Waals surface area (Å²) < 4.78 is 28.9. The van der Waals surface area contributed by atoms with Crippen LogP contribution in [-0.4, -0.2) is 52.1 Å². The summed E-state index contributed by atoms with van der Waals surface area (Å²) in [6, 6.07) is 21.4. The van der Waals surface area contributed by atoms with E-state index in [0.717, 1.165) is 42.2 Å². The molecule has 0 atom stereocenters. The van der Waals surface area contributed by atoms with Gasteiger partial charge in [0.2, 0.25) is 15.8 Å². The predicted octanol–water partition coefficient (Wildman–Crippen LogP) is 5.41. The average Bonchev–Trinajstić information content (AvgIpc) is 3.53. The molecule has 13 heteroatoms. The summed E-state index contributed by atoms with van der Waals surface area (Å²) in [5, 5.41) is 10.8. The predicted molar refractivity (Wildman–Crippen MR) is 184 cm³/mol. The minimum Gasteiger partial charge on any atom is -0.382 e. The van der Waals surface area contributed by atoms with Gasteiger partial charge in [0.25, 0.3) is 5.56 Å². The van der Waals surface area contributed by atoms with E-state index in [1.165, 1.54) is 28.2 Å². The van der Waals surface area contributed by atoms with Gasteiger partial charge in [-0.2, -0.15) is 4.98 Å². The fraction of sp³-hybridized carbons (Fsp3) is 0.206. The van der Waals surface area contributed by atoms with Crippen LogP contribution in [0.5, 0.6) is 0 Å². The largest absolute Gasteiger partial charge is 0.382 e. The van der Waals surface area contributed by atoms with Gasteiger partial charge in [-0.15, -0.1) is 11.3 Å². The Balaban J connectivity index is 1.27. The highest BCUT2D eigenvalue weighted by Gasteiger charge is 2.24. The molecule has 1 saturated heterocycles. The van der Waals surface area contributed by atoms with Crippen molar-refractivity contribution in [2.24, 2.45) is 0 Å². The molecule has 6 aromatic rings. The number of aromatic nitrogens is 5. The molecule has 11 nitrogen and oxygen atoms in total. The van der Waals surface area contributed by atoms with Gasteiger partial charge in [-0.25, -0.2) is 18.4 Å². The third-order valence-electron chi connectivity index (χ3n) is 8.18. The number of rotatable bonds is 9. The molecule has 0 saturated carbocycles. The number of hydrogen-bond acceptors (Lipinski definition) is 11. The Morgan fingerprint density at radius 2 is 1.72 bits per heavy atom. The third-order valence-corrected chi connectivity index (χ3v) is 10.8. The first-order chi connectivity index (χ1) is 22.9. The van der Waals surface area contributed by atoms with E-state index in [4.69, 9.17) is 4.98 Å². The van der Waals surface area contributed by atoms with E-state index in [2.05, 4.69) is 30.9 Å². The molecule has 2 aromatic carbocycles. The van der Waals surface area contributed by atoms with Crippen molar-refractivity contribution in [3.63, 3.8) is 0 Å². The summed E-state index contributed by atoms with van der Waals surface area (Å²) in [4.78, 5) is 33.4. The van der Waals surface area contributed by atoms with Crippen molar-refractivity contribution < 1.29 is 8.42 Å². The van der Waals surface area contributed by atoms with Crippen molar-refractivity contribution in [2.45, 2.75) is 42.1 Å². The second kappa shape index (κ2) is 13.0. The van der Waals surface area contributed by atoms with Crippen molar-refractivity contribution in [2.75, 3.05) is 23.7 Å². The summed E-state index contributed by atoms with van der Waals surface area (Å²) in [6.45, 7) is 3.79. The zero-order chi connectivity index (χ0) is 32.4. The maximum atomic E-state index is 14.2. The van der Waals surface area contributed by atoms with Crippen LogP contribution < -0.4 is 21.5 Å². The van der Waals surface area contributed by atoms with Crippen molar-refractivity contribution in [3.05, 3.63) is 112 Å². The molecule has 47 heavy (non-hydrogen) atoms. The quantitative estimate of drug-likeness (QED) is 0.184. The van der Waals surface area contributed by atoms with Crippen molar-refractivity contribution in [3.8, 4) is 11.3 Å². The fourth-order valence-corrected chi connectivity index (χ4v) is 7.79. The number of hydrogen-bond donors (Lipinski definition) is 3. The van der Waals surface area contributed by atoms with Crippen LogP contribution in [0.25, 0.3) is 22.3 Å². The van der Waals surface area contributed by atoms with E-state index in [0.29, 0.717) is 34.3 Å². The molecular weight excluding hydrogens is 633 g/mol. The molecule has 238 valence electrons. The lowest BCUT2D eigenvalue weighted by Gasteiger charge is -2.24. The average molecular weight is 665 g/mol. The molecular formula is C34H32N8O3S2. The standard InChI is InChI=1S/C34H32N8O3S2/c1-22-31(38-21-46-22)28-18-23-19-37-34(40-25-11-9-24(10-12-25)39-26-13-16-35-17-14-26)41-32(23)42(33(28)43)20-29-30(8-5-15-36-29)47(44,45)27-6-3-2-4-7-27/h2-12,15,18-19,21,26,35,39H,13-14,16-17,20H2,1H3,(H,37,40,41). The van der Waals surface area contributed by atoms with Gasteiger partial charge in [-0.3, -0.25) is 14.3 Å². The molecule has 0 bridgehead atoms. The van der Waals surface area contributed by atoms with Gasteiger partial charge in [-0.1, -0.05) is 18.2 Å². The monoisotopic (exact) mass is 664 g/mol. The van der Waals surface area contributed by atoms with Crippen molar-refractivity contribution >= 4 is 49.5 Å². The lowest BCUT2D eigenvalue weighted by atomic mass is 10.1. The Morgan fingerprint density at radius 3 is 2.47 bits per heavy atom. The van der Waals surface area contributed by atoms with Crippen LogP contribution >= 0.6 is 11.3 Å². The van der Waals surface area contributed by atoms with Crippen LogP contribution in [0.2, 0.25) is 0 Å². The van der Waals surface area contributed by atoms with Gasteiger partial charge >= 0.3 is 0 Å². The summed E-state index contributed by atoms with van der Waals surface area (Å²) in [7, 11) is -3.92. The van der Waals surface area contributed by atoms with E-state index in [1.807, 2.05) is 31.2 Å². The Morgan fingerprint density at radius 1 is 0.957 bits per heavy atom. The van der Waals surface area contributed by atoms with E-state index in [9.17, 15) is 13.2 Å². The number of thiazole rings is 1. The number of fused-ring (bicyclic) bond motifs is 1. The molecule has 0 unspecified atom stereocenters. The minimum absolute atomic E-state index is 0.0204. The van der Waals surface area contributed by atoms with Crippen LogP contribution in [-0.2, 0) is 16.4 Å². The first-order valence-electron chi connectivity index (χ1n) is 15.3. The van der Waals surface area contributed by atoms with Crippen LogP contribution in [0.1, 0.15) is 23.4 Å². The smallest absolute Gasteiger partial charge is 0.262 e. The van der Waals surface area contributed by atoms with E-state index < -0.39 is 9.84 Å². The maximum absolute atomic E-state index is 14.2. The second-order valence-corrected chi connectivity index (χ2v) is 14.3. The molecule has 0 radical (unpaired) electrons. The van der Waals surface area contributed by atoms with Crippen LogP contribution in [0, 0.1) is 6.92 Å². The Kier molecular flexibility index (Phi) is 8.50. The molecule has 0 aliphatic carbocycles. The Hall–Kier alpha value is -4.98. The van der Waals surface area contributed by atoms with Gasteiger partial charge in [-0.05, 0) is 87.5 Å². The topological polar surface area (TPSA) is 144 Å². The maximum Gasteiger partial charge on any atom is 0.262 e. The highest BCUT2D eigenvalue weighted by molar-refractivity contribution is 7.91. The first kappa shape index (κ1) is 30.7. The van der Waals surface area contributed by atoms with Gasteiger partial charge < -0.3 is 16.0 Å². The van der Waals surface area contributed by atoms with Gasteiger partial charge in [0.15, 0.2) is 0 Å². The minimum atomic E-state index is -3.92. The second-order valence-electron chi connectivity index (χ2n) is 11.3. The molecule has 3 N–H and O–H groups in total. The normalized spacial score (nSPS) is 13.9. The lowest BCUT2D eigenvalue weighted by molar-refractivity contribution is 0.479. The van der Waals surface area contributed by atoms with E-state index >= 15 is 0 Å². The molecule has 1 aliphatic rings. The van der Waals surface area contributed by atoms with E-state index in [1.54, 1.807) is 54.2 Å². The molecule has 7 rings (SSSR count). The number of anilines is 3. The summed E-state index contributed by atoms with van der Waals surface area (Å²) >= 11 is 1.44. The van der Waals surface area contributed by atoms with Crippen molar-refractivity contribution in [1.29, 1.82) is 0 Å². The number of nitrogens with zero attached hydrogens (tertiary/aromatic N) is 5. The molecule has 5 heterocycles. The number of sulfone groups is 1. The van der Waals surface area contributed by atoms with Crippen LogP contribution in [0.3, 0.4) is 0 Å². The van der Waals surface area contributed by atoms with Crippen LogP contribution in [0.4, 0.5) is 17.3 Å². The molecule has 1 fully saturated rings. The Bertz CT molecular complexity index is 2210. The number of piperidine rings is 1. The number of benzene rings is 2. The first-order valence-corrected chi connectivity index (χ1v) is 17.6. The van der Waals surface area contributed by atoms with Gasteiger partial charge in [0, 0.05) is 40.1 Å². The fourth-order valence-electron chi connectivity index (χ4n) is 5.74. The molecule has 4 aromatic heterocycles. The molecule has 0 spiro atoms. The highest BCUT2D eigenvalue weighted by Crippen LogP contribution is 2.28. The number of aryl methyl sites for hydroxylation is 1. The number of nitrogens with one attached hydrogen (secondary N) is 3. The zero-order valence-electron chi connectivity index (χ0n) is 25.6.